The second-order valence-electron chi connectivity index (χ2n) is 4.49. The maximum atomic E-state index is 12.6. The number of anilines is 1. The minimum atomic E-state index is -0.0784. The first-order valence-corrected chi connectivity index (χ1v) is 6.57. The molecule has 0 aliphatic rings. The predicted octanol–water partition coefficient (Wildman–Crippen LogP) is 2.04. The van der Waals surface area contributed by atoms with Gasteiger partial charge in [0.05, 0.1) is 24.7 Å². The molecule has 0 aliphatic heterocycles. The highest BCUT2D eigenvalue weighted by molar-refractivity contribution is 5.99. The molecule has 5 heteroatoms. The van der Waals surface area contributed by atoms with E-state index in [4.69, 9.17) is 10.00 Å². The van der Waals surface area contributed by atoms with E-state index in [0.29, 0.717) is 31.7 Å². The first-order valence-electron chi connectivity index (χ1n) is 6.57. The fraction of sp³-hybridized carbons (Fsp3) is 0.467. The second-order valence-corrected chi connectivity index (χ2v) is 4.49. The monoisotopic (exact) mass is 275 g/mol. The molecule has 0 saturated heterocycles. The minimum absolute atomic E-state index is 0.0784. The summed E-state index contributed by atoms with van der Waals surface area (Å²) in [5.74, 6) is -0.0784. The second kappa shape index (κ2) is 8.18. The maximum absolute atomic E-state index is 12.6. The lowest BCUT2D eigenvalue weighted by Gasteiger charge is -2.22. The summed E-state index contributed by atoms with van der Waals surface area (Å²) in [6, 6.07) is 7.78. The summed E-state index contributed by atoms with van der Waals surface area (Å²) in [6.45, 7) is 3.30. The molecule has 1 aromatic carbocycles. The van der Waals surface area contributed by atoms with Crippen LogP contribution in [0.3, 0.4) is 0 Å². The van der Waals surface area contributed by atoms with Crippen LogP contribution in [0.1, 0.15) is 22.3 Å². The highest BCUT2D eigenvalue weighted by atomic mass is 16.5. The van der Waals surface area contributed by atoms with Gasteiger partial charge in [0, 0.05) is 32.9 Å². The lowest BCUT2D eigenvalue weighted by Crippen LogP contribution is -2.35. The van der Waals surface area contributed by atoms with Gasteiger partial charge in [0.2, 0.25) is 0 Å². The predicted molar refractivity (Wildman–Crippen MR) is 78.7 cm³/mol. The van der Waals surface area contributed by atoms with Crippen molar-refractivity contribution in [1.29, 1.82) is 5.26 Å². The van der Waals surface area contributed by atoms with Gasteiger partial charge in [-0.1, -0.05) is 11.6 Å². The largest absolute Gasteiger partial charge is 0.387 e. The molecule has 0 aromatic heterocycles. The molecule has 0 bridgehead atoms. The maximum Gasteiger partial charge on any atom is 0.256 e. The quantitative estimate of drug-likeness (QED) is 0.827. The van der Waals surface area contributed by atoms with E-state index in [0.717, 1.165) is 11.3 Å². The molecule has 0 heterocycles. The summed E-state index contributed by atoms with van der Waals surface area (Å²) in [5.41, 5.74) is 2.45. The SMILES string of the molecule is CNc1ccc(C)cc1C(=O)N(CCC#N)CCOC. The average molecular weight is 275 g/mol. The van der Waals surface area contributed by atoms with Gasteiger partial charge in [-0.3, -0.25) is 4.79 Å². The fourth-order valence-corrected chi connectivity index (χ4v) is 1.92. The topological polar surface area (TPSA) is 65.4 Å². The van der Waals surface area contributed by atoms with Gasteiger partial charge in [0.15, 0.2) is 0 Å². The number of methoxy groups -OCH3 is 1. The Kier molecular flexibility index (Phi) is 6.54. The number of nitrogens with zero attached hydrogens (tertiary/aromatic N) is 2. The average Bonchev–Trinajstić information content (AvgIpc) is 2.46. The highest BCUT2D eigenvalue weighted by Gasteiger charge is 2.18. The molecule has 0 unspecified atom stereocenters. The van der Waals surface area contributed by atoms with Crippen molar-refractivity contribution >= 4 is 11.6 Å². The van der Waals surface area contributed by atoms with Gasteiger partial charge >= 0.3 is 0 Å². The van der Waals surface area contributed by atoms with Gasteiger partial charge < -0.3 is 15.0 Å². The zero-order chi connectivity index (χ0) is 15.0. The number of amides is 1. The smallest absolute Gasteiger partial charge is 0.256 e. The third-order valence-electron chi connectivity index (χ3n) is 3.02. The molecule has 20 heavy (non-hydrogen) atoms. The number of rotatable bonds is 7. The van der Waals surface area contributed by atoms with Crippen LogP contribution in [-0.4, -0.2) is 44.7 Å². The van der Waals surface area contributed by atoms with Crippen LogP contribution in [0.5, 0.6) is 0 Å². The van der Waals surface area contributed by atoms with Crippen molar-refractivity contribution in [1.82, 2.24) is 4.90 Å². The van der Waals surface area contributed by atoms with Crippen LogP contribution >= 0.6 is 0 Å². The van der Waals surface area contributed by atoms with Crippen molar-refractivity contribution < 1.29 is 9.53 Å². The molecule has 0 aliphatic carbocycles. The molecule has 1 N–H and O–H groups in total. The van der Waals surface area contributed by atoms with Gasteiger partial charge in [0.1, 0.15) is 0 Å². The Hall–Kier alpha value is -2.06. The Morgan fingerprint density at radius 2 is 2.20 bits per heavy atom. The number of hydrogen-bond donors (Lipinski definition) is 1. The summed E-state index contributed by atoms with van der Waals surface area (Å²) in [7, 11) is 3.38. The molecule has 1 aromatic rings. The van der Waals surface area contributed by atoms with E-state index >= 15 is 0 Å². The van der Waals surface area contributed by atoms with Crippen LogP contribution in [0.2, 0.25) is 0 Å². The molecule has 0 radical (unpaired) electrons. The Balaban J connectivity index is 2.98. The molecule has 0 fully saturated rings. The van der Waals surface area contributed by atoms with Gasteiger partial charge in [-0.15, -0.1) is 0 Å². The van der Waals surface area contributed by atoms with Crippen LogP contribution in [-0.2, 0) is 4.74 Å². The third kappa shape index (κ3) is 4.25. The fourth-order valence-electron chi connectivity index (χ4n) is 1.92. The molecule has 0 saturated carbocycles. The van der Waals surface area contributed by atoms with Crippen LogP contribution in [0, 0.1) is 18.3 Å². The van der Waals surface area contributed by atoms with Gasteiger partial charge in [-0.25, -0.2) is 0 Å². The number of hydrogen-bond acceptors (Lipinski definition) is 4. The van der Waals surface area contributed by atoms with Crippen molar-refractivity contribution in [2.45, 2.75) is 13.3 Å². The Morgan fingerprint density at radius 3 is 2.80 bits per heavy atom. The Labute approximate surface area is 120 Å². The third-order valence-corrected chi connectivity index (χ3v) is 3.02. The van der Waals surface area contributed by atoms with E-state index in [1.165, 1.54) is 0 Å². The molecular formula is C15H21N3O2. The number of carbonyl (C=O) groups is 1. The van der Waals surface area contributed by atoms with Crippen molar-refractivity contribution in [2.24, 2.45) is 0 Å². The highest BCUT2D eigenvalue weighted by Crippen LogP contribution is 2.19. The first-order chi connectivity index (χ1) is 9.63. The number of benzene rings is 1. The first kappa shape index (κ1) is 16.0. The molecule has 0 atom stereocenters. The summed E-state index contributed by atoms with van der Waals surface area (Å²) >= 11 is 0. The van der Waals surface area contributed by atoms with Gasteiger partial charge in [-0.05, 0) is 19.1 Å². The summed E-state index contributed by atoms with van der Waals surface area (Å²) < 4.78 is 5.03. The zero-order valence-electron chi connectivity index (χ0n) is 12.3. The normalized spacial score (nSPS) is 9.90. The van der Waals surface area contributed by atoms with Crippen molar-refractivity contribution in [3.63, 3.8) is 0 Å². The molecular weight excluding hydrogens is 254 g/mol. The molecule has 5 nitrogen and oxygen atoms in total. The lowest BCUT2D eigenvalue weighted by molar-refractivity contribution is 0.0700. The van der Waals surface area contributed by atoms with Gasteiger partial charge in [-0.2, -0.15) is 5.26 Å². The number of carbonyl (C=O) groups excluding carboxylic acids is 1. The van der Waals surface area contributed by atoms with E-state index in [1.807, 2.05) is 25.1 Å². The number of nitriles is 1. The van der Waals surface area contributed by atoms with Gasteiger partial charge in [0.25, 0.3) is 5.91 Å². The lowest BCUT2D eigenvalue weighted by atomic mass is 10.1. The van der Waals surface area contributed by atoms with Crippen molar-refractivity contribution in [3.8, 4) is 6.07 Å². The summed E-state index contributed by atoms with van der Waals surface area (Å²) in [4.78, 5) is 14.3. The van der Waals surface area contributed by atoms with E-state index in [-0.39, 0.29) is 5.91 Å². The number of ether oxygens (including phenoxy) is 1. The molecule has 108 valence electrons. The van der Waals surface area contributed by atoms with Crippen molar-refractivity contribution in [2.75, 3.05) is 39.2 Å². The molecule has 1 amide bonds. The van der Waals surface area contributed by atoms with Crippen LogP contribution in [0.15, 0.2) is 18.2 Å². The summed E-state index contributed by atoms with van der Waals surface area (Å²) in [6.07, 6.45) is 0.316. The molecule has 1 rings (SSSR count). The number of nitrogens with one attached hydrogen (secondary N) is 1. The van der Waals surface area contributed by atoms with Crippen molar-refractivity contribution in [3.05, 3.63) is 29.3 Å². The Bertz CT molecular complexity index is 494. The standard InChI is InChI=1S/C15H21N3O2/c1-12-5-6-14(17-2)13(11-12)15(19)18(8-4-7-16)9-10-20-3/h5-6,11,17H,4,8-10H2,1-3H3. The molecule has 0 spiro atoms. The van der Waals surface area contributed by atoms with E-state index in [2.05, 4.69) is 11.4 Å². The van der Waals surface area contributed by atoms with E-state index < -0.39 is 0 Å². The number of aryl methyl sites for hydroxylation is 1. The van der Waals surface area contributed by atoms with E-state index in [1.54, 1.807) is 19.1 Å². The van der Waals surface area contributed by atoms with E-state index in [9.17, 15) is 4.79 Å². The minimum Gasteiger partial charge on any atom is -0.387 e. The zero-order valence-corrected chi connectivity index (χ0v) is 12.3. The van der Waals surface area contributed by atoms with Crippen LogP contribution in [0.25, 0.3) is 0 Å². The Morgan fingerprint density at radius 1 is 1.45 bits per heavy atom. The van der Waals surface area contributed by atoms with Crippen LogP contribution < -0.4 is 5.32 Å². The summed E-state index contributed by atoms with van der Waals surface area (Å²) in [5, 5.41) is 11.7. The van der Waals surface area contributed by atoms with Crippen LogP contribution in [0.4, 0.5) is 5.69 Å².